The van der Waals surface area contributed by atoms with Crippen LogP contribution >= 0.6 is 15.9 Å². The van der Waals surface area contributed by atoms with Crippen LogP contribution in [0.1, 0.15) is 83.5 Å². The van der Waals surface area contributed by atoms with Crippen molar-refractivity contribution in [1.29, 1.82) is 0 Å². The summed E-state index contributed by atoms with van der Waals surface area (Å²) in [4.78, 5) is 73.8. The Labute approximate surface area is 491 Å². The number of benzene rings is 6. The summed E-state index contributed by atoms with van der Waals surface area (Å²) in [6.45, 7) is 8.49. The largest absolute Gasteiger partial charge is 1.00 e. The van der Waals surface area contributed by atoms with Crippen LogP contribution in [-0.2, 0) is 28.7 Å². The highest BCUT2D eigenvalue weighted by atomic mass is 79.9. The molecule has 6 heterocycles. The van der Waals surface area contributed by atoms with Crippen LogP contribution in [0.15, 0.2) is 170 Å². The van der Waals surface area contributed by atoms with E-state index in [0.29, 0.717) is 63.9 Å². The molecule has 0 aliphatic carbocycles. The first-order valence-corrected chi connectivity index (χ1v) is 27.1. The molecule has 0 spiro atoms. The number of piperidine rings is 6. The first-order valence-electron chi connectivity index (χ1n) is 26.3. The molecule has 6 aromatic rings. The van der Waals surface area contributed by atoms with Crippen LogP contribution in [0.2, 0.25) is 0 Å². The van der Waals surface area contributed by atoms with E-state index in [1.54, 1.807) is 48.5 Å². The molecule has 6 saturated heterocycles. The van der Waals surface area contributed by atoms with Crippen LogP contribution in [-0.4, -0.2) is 113 Å². The Kier molecular flexibility index (Phi) is 22.7. The predicted molar refractivity (Wildman–Crippen MR) is 297 cm³/mol. The third kappa shape index (κ3) is 17.2. The molecule has 0 unspecified atom stereocenters. The van der Waals surface area contributed by atoms with Crippen molar-refractivity contribution >= 4 is 61.5 Å². The Morgan fingerprint density at radius 2 is 0.848 bits per heavy atom. The molecular weight excluding hydrogens is 1200 g/mol. The van der Waals surface area contributed by atoms with Crippen molar-refractivity contribution in [2.24, 2.45) is 11.8 Å². The zero-order valence-corrected chi connectivity index (χ0v) is 49.0. The topological polar surface area (TPSA) is 174 Å². The summed E-state index contributed by atoms with van der Waals surface area (Å²) in [6, 6.07) is 50.5. The summed E-state index contributed by atoms with van der Waals surface area (Å²) in [5, 5.41) is 16.2. The molecule has 4 bridgehead atoms. The van der Waals surface area contributed by atoms with Gasteiger partial charge in [-0.15, -0.1) is 0 Å². The SMILES string of the molecule is CC(=O)Br.CC(=O)Oc1ccc(C(=O)C[N+]23CCC(CC2)[C@@H](OC(=O)[C@H](Nc2ccccc2)c2ccccc2)C3)cc1.O=C(C[N+]12CCC(CC1)[C@@H](OC(=O)[C@H](Nc1ccccc1)c1ccccc1)C2)c1ccc(O)cc1.[Br-].[Br-]. The number of Topliss-reactive ketones (excluding diaryl/α,β-unsaturated/α-hetero) is 2. The van der Waals surface area contributed by atoms with Crippen molar-refractivity contribution in [3.05, 3.63) is 192 Å². The lowest BCUT2D eigenvalue weighted by molar-refractivity contribution is -0.938. The number of phenols is 1. The van der Waals surface area contributed by atoms with E-state index >= 15 is 0 Å². The standard InChI is InChI=1S/C31H33N2O5.C29H30N2O4.C2H3BrO.2BrH/c1-22(34)37-27-14-12-23(13-15-27)28(35)20-33-18-16-24(17-19-33)29(21-33)38-31(36)30(25-8-4-2-5-9-25)32-26-10-6-3-7-11-26;32-25-13-11-21(12-14-25)26(33)19-31-17-15-22(16-18-31)27(20-31)35-29(34)28(23-7-3-1-4-8-23)30-24-9-5-2-6-10-24;1-2(3)4;;/h2-15,24,29-30,32H,16-21H2,1H3;1-14,22,27-28,30H,15-20H2;1H3;2*1H/q+1;;;;/p-1/t24?,29-,30+,33?;22?,27-,28+,31?;;;/m00.../s1. The maximum atomic E-state index is 13.6. The van der Waals surface area contributed by atoms with Crippen LogP contribution in [0, 0.1) is 11.8 Å². The van der Waals surface area contributed by atoms with E-state index in [0.717, 1.165) is 74.4 Å². The van der Waals surface area contributed by atoms with Crippen LogP contribution in [0.5, 0.6) is 11.5 Å². The summed E-state index contributed by atoms with van der Waals surface area (Å²) in [5.41, 5.74) is 4.60. The maximum Gasteiger partial charge on any atom is 0.333 e. The molecule has 6 aliphatic heterocycles. The van der Waals surface area contributed by atoms with E-state index in [4.69, 9.17) is 14.2 Å². The lowest BCUT2D eigenvalue weighted by Crippen LogP contribution is -3.00. The Morgan fingerprint density at radius 3 is 1.19 bits per heavy atom. The number of rotatable bonds is 17. The number of nitrogens with one attached hydrogen (secondary N) is 2. The zero-order chi connectivity index (χ0) is 54.4. The molecule has 6 aliphatic rings. The molecule has 6 fully saturated rings. The van der Waals surface area contributed by atoms with Crippen molar-refractivity contribution in [2.75, 3.05) is 63.0 Å². The minimum absolute atomic E-state index is 0. The summed E-state index contributed by atoms with van der Waals surface area (Å²) in [5.74, 6) is 0.321. The summed E-state index contributed by atoms with van der Waals surface area (Å²) in [7, 11) is 0. The number of ether oxygens (including phenoxy) is 3. The van der Waals surface area contributed by atoms with Gasteiger partial charge < -0.3 is 72.9 Å². The number of fused-ring (bicyclic) bond motifs is 6. The number of nitrogens with zero attached hydrogens (tertiary/aromatic N) is 2. The van der Waals surface area contributed by atoms with Crippen molar-refractivity contribution in [3.8, 4) is 11.5 Å². The maximum absolute atomic E-state index is 13.6. The molecule has 0 aromatic heterocycles. The Morgan fingerprint density at radius 1 is 0.519 bits per heavy atom. The lowest BCUT2D eigenvalue weighted by atomic mass is 9.82. The van der Waals surface area contributed by atoms with Gasteiger partial charge in [0.2, 0.25) is 11.6 Å². The predicted octanol–water partition coefficient (Wildman–Crippen LogP) is 4.32. The third-order valence-electron chi connectivity index (χ3n) is 15.1. The van der Waals surface area contributed by atoms with Gasteiger partial charge in [0.05, 0.1) is 26.2 Å². The number of ketones is 2. The average Bonchev–Trinajstić information content (AvgIpc) is 3.46. The second-order valence-electron chi connectivity index (χ2n) is 20.6. The number of hydrogen-bond donors (Lipinski definition) is 3. The fourth-order valence-corrected chi connectivity index (χ4v) is 11.2. The number of phenolic OH excluding ortho intramolecular Hbond substituents is 1. The van der Waals surface area contributed by atoms with E-state index < -0.39 is 18.1 Å². The number of quaternary nitrogens is 2. The Hall–Kier alpha value is -6.50. The molecular formula is C62H67Br3N4O10. The van der Waals surface area contributed by atoms with E-state index in [9.17, 15) is 33.9 Å². The van der Waals surface area contributed by atoms with Gasteiger partial charge in [-0.1, -0.05) is 97.1 Å². The summed E-state index contributed by atoms with van der Waals surface area (Å²) >= 11 is 2.63. The van der Waals surface area contributed by atoms with Gasteiger partial charge in [0, 0.05) is 73.9 Å². The highest BCUT2D eigenvalue weighted by Gasteiger charge is 2.50. The normalized spacial score (nSPS) is 21.9. The minimum Gasteiger partial charge on any atom is -1.00 e. The minimum atomic E-state index is -0.625. The Bertz CT molecular complexity index is 2940. The Balaban J connectivity index is 0.000000234. The second-order valence-corrected chi connectivity index (χ2v) is 21.7. The van der Waals surface area contributed by atoms with E-state index in [1.165, 1.54) is 13.8 Å². The van der Waals surface area contributed by atoms with Gasteiger partial charge >= 0.3 is 17.9 Å². The lowest BCUT2D eigenvalue weighted by Gasteiger charge is -2.51. The van der Waals surface area contributed by atoms with Crippen LogP contribution in [0.4, 0.5) is 11.4 Å². The molecule has 0 radical (unpaired) electrons. The van der Waals surface area contributed by atoms with E-state index in [1.807, 2.05) is 121 Å². The van der Waals surface area contributed by atoms with Gasteiger partial charge in [-0.3, -0.25) is 19.2 Å². The molecule has 14 nitrogen and oxygen atoms in total. The molecule has 3 N–H and O–H groups in total. The fraction of sp³-hybridized carbons (Fsp3) is 0.323. The van der Waals surface area contributed by atoms with Gasteiger partial charge in [0.15, 0.2) is 29.0 Å². The smallest absolute Gasteiger partial charge is 0.333 e. The van der Waals surface area contributed by atoms with E-state index in [-0.39, 0.29) is 80.1 Å². The number of anilines is 2. The van der Waals surface area contributed by atoms with Crippen LogP contribution < -0.4 is 49.3 Å². The number of hydrogen-bond acceptors (Lipinski definition) is 12. The molecule has 12 rings (SSSR count). The molecule has 0 amide bonds. The van der Waals surface area contributed by atoms with Crippen molar-refractivity contribution in [2.45, 2.75) is 63.8 Å². The fourth-order valence-electron chi connectivity index (χ4n) is 11.2. The molecule has 416 valence electrons. The van der Waals surface area contributed by atoms with Gasteiger partial charge in [0.25, 0.3) is 0 Å². The van der Waals surface area contributed by atoms with Gasteiger partial charge in [-0.2, -0.15) is 0 Å². The van der Waals surface area contributed by atoms with Gasteiger partial charge in [0.1, 0.15) is 37.7 Å². The van der Waals surface area contributed by atoms with Gasteiger partial charge in [-0.05, 0) is 99.9 Å². The van der Waals surface area contributed by atoms with Crippen LogP contribution in [0.25, 0.3) is 0 Å². The molecule has 6 aromatic carbocycles. The first kappa shape index (κ1) is 61.7. The summed E-state index contributed by atoms with van der Waals surface area (Å²) in [6.07, 6.45) is 3.32. The van der Waals surface area contributed by atoms with E-state index in [2.05, 4.69) is 26.6 Å². The second kappa shape index (κ2) is 29.1. The monoisotopic (exact) mass is 1260 g/mol. The molecule has 17 heteroatoms. The zero-order valence-electron chi connectivity index (χ0n) is 44.3. The number of carbonyl (C=O) groups excluding carboxylic acids is 6. The number of aromatic hydroxyl groups is 1. The highest BCUT2D eigenvalue weighted by molar-refractivity contribution is 9.18. The molecule has 0 saturated carbocycles. The van der Waals surface area contributed by atoms with Crippen molar-refractivity contribution < 1.29 is 91.0 Å². The number of para-hydroxylation sites is 2. The average molecular weight is 1270 g/mol. The summed E-state index contributed by atoms with van der Waals surface area (Å²) < 4.78 is 18.7. The van der Waals surface area contributed by atoms with Crippen LogP contribution in [0.3, 0.4) is 0 Å². The number of esters is 3. The number of carbonyl (C=O) groups is 6. The third-order valence-corrected chi connectivity index (χ3v) is 15.1. The molecule has 79 heavy (non-hydrogen) atoms. The van der Waals surface area contributed by atoms with Crippen molar-refractivity contribution in [1.82, 2.24) is 0 Å². The first-order chi connectivity index (χ1) is 37.1. The van der Waals surface area contributed by atoms with Gasteiger partial charge in [-0.25, -0.2) is 9.59 Å². The number of halogens is 3. The quantitative estimate of drug-likeness (QED) is 0.0389. The highest BCUT2D eigenvalue weighted by Crippen LogP contribution is 2.39. The molecule has 4 atom stereocenters. The van der Waals surface area contributed by atoms with Crippen molar-refractivity contribution in [3.63, 3.8) is 0 Å².